The second kappa shape index (κ2) is 7.83. The van der Waals surface area contributed by atoms with E-state index in [1.165, 1.54) is 13.2 Å². The fourth-order valence-corrected chi connectivity index (χ4v) is 3.31. The number of methoxy groups -OCH3 is 1. The van der Waals surface area contributed by atoms with Gasteiger partial charge in [-0.3, -0.25) is 4.79 Å². The number of alkyl halides is 1. The molecular formula is C18H24BrFO4. The van der Waals surface area contributed by atoms with Crippen molar-refractivity contribution in [3.05, 3.63) is 29.1 Å². The Morgan fingerprint density at radius 1 is 1.50 bits per heavy atom. The van der Waals surface area contributed by atoms with Crippen molar-refractivity contribution in [3.8, 4) is 5.75 Å². The number of ether oxygens (including phenoxy) is 3. The van der Waals surface area contributed by atoms with E-state index in [1.807, 2.05) is 0 Å². The van der Waals surface area contributed by atoms with Gasteiger partial charge in [0.1, 0.15) is 4.83 Å². The van der Waals surface area contributed by atoms with E-state index in [0.29, 0.717) is 17.7 Å². The molecule has 1 aliphatic heterocycles. The lowest BCUT2D eigenvalue weighted by Crippen LogP contribution is -2.27. The molecule has 0 spiro atoms. The number of hydrogen-bond donors (Lipinski definition) is 0. The Kier molecular flexibility index (Phi) is 6.26. The van der Waals surface area contributed by atoms with Crippen molar-refractivity contribution in [2.24, 2.45) is 5.41 Å². The number of rotatable bonds is 5. The van der Waals surface area contributed by atoms with Crippen molar-refractivity contribution in [2.45, 2.75) is 44.5 Å². The Hall–Kier alpha value is -1.14. The van der Waals surface area contributed by atoms with Crippen LogP contribution in [0.5, 0.6) is 5.75 Å². The van der Waals surface area contributed by atoms with Gasteiger partial charge in [-0.15, -0.1) is 0 Å². The average molecular weight is 403 g/mol. The highest BCUT2D eigenvalue weighted by Gasteiger charge is 2.31. The Labute approximate surface area is 150 Å². The van der Waals surface area contributed by atoms with Gasteiger partial charge in [0.15, 0.2) is 11.6 Å². The third kappa shape index (κ3) is 4.28. The van der Waals surface area contributed by atoms with Gasteiger partial charge in [-0.2, -0.15) is 0 Å². The molecule has 0 aromatic heterocycles. The Morgan fingerprint density at radius 3 is 2.75 bits per heavy atom. The van der Waals surface area contributed by atoms with Gasteiger partial charge in [0.05, 0.1) is 26.4 Å². The smallest absolute Gasteiger partial charge is 0.324 e. The molecule has 1 aromatic carbocycles. The van der Waals surface area contributed by atoms with Gasteiger partial charge in [-0.1, -0.05) is 29.8 Å². The maximum absolute atomic E-state index is 14.5. The van der Waals surface area contributed by atoms with E-state index in [0.717, 1.165) is 12.8 Å². The van der Waals surface area contributed by atoms with Crippen molar-refractivity contribution in [2.75, 3.05) is 20.3 Å². The minimum Gasteiger partial charge on any atom is -0.493 e. The molecule has 0 radical (unpaired) electrons. The van der Waals surface area contributed by atoms with Crippen LogP contribution < -0.4 is 4.74 Å². The zero-order chi connectivity index (χ0) is 17.9. The topological polar surface area (TPSA) is 44.8 Å². The molecule has 0 bridgehead atoms. The predicted molar refractivity (Wildman–Crippen MR) is 93.0 cm³/mol. The molecule has 1 heterocycles. The average Bonchev–Trinajstić information content (AvgIpc) is 2.53. The lowest BCUT2D eigenvalue weighted by Gasteiger charge is -2.35. The van der Waals surface area contributed by atoms with Gasteiger partial charge < -0.3 is 14.2 Å². The first-order chi connectivity index (χ1) is 11.3. The molecule has 2 rings (SSSR count). The number of carbonyl (C=O) groups excluding carboxylic acids is 1. The Morgan fingerprint density at radius 2 is 2.21 bits per heavy atom. The molecule has 6 heteroatoms. The summed E-state index contributed by atoms with van der Waals surface area (Å²) in [5.41, 5.74) is 1.26. The zero-order valence-corrected chi connectivity index (χ0v) is 16.1. The molecule has 2 atom stereocenters. The van der Waals surface area contributed by atoms with E-state index < -0.39 is 16.6 Å². The summed E-state index contributed by atoms with van der Waals surface area (Å²) >= 11 is 3.29. The van der Waals surface area contributed by atoms with Crippen LogP contribution in [0.4, 0.5) is 4.39 Å². The number of carbonyl (C=O) groups is 1. The number of benzene rings is 1. The summed E-state index contributed by atoms with van der Waals surface area (Å²) in [6.07, 6.45) is 1.62. The molecule has 1 aromatic rings. The summed E-state index contributed by atoms with van der Waals surface area (Å²) in [6, 6.07) is 3.19. The van der Waals surface area contributed by atoms with E-state index in [1.54, 1.807) is 13.0 Å². The molecule has 4 nitrogen and oxygen atoms in total. The fourth-order valence-electron chi connectivity index (χ4n) is 2.83. The fraction of sp³-hybridized carbons (Fsp3) is 0.611. The van der Waals surface area contributed by atoms with Crippen molar-refractivity contribution in [3.63, 3.8) is 0 Å². The van der Waals surface area contributed by atoms with Gasteiger partial charge in [-0.25, -0.2) is 4.39 Å². The van der Waals surface area contributed by atoms with Crippen LogP contribution in [-0.2, 0) is 14.3 Å². The standard InChI is InChI=1S/C18H24BrFO4/c1-5-23-17(21)15(19)12-8-11(9-13(20)16(12)22-4)14-6-7-18(2,3)10-24-14/h8-9,14-15H,5-7,10H2,1-4H3/t14-,15?/m0/s1. The number of hydrogen-bond acceptors (Lipinski definition) is 4. The minimum atomic E-state index is -0.790. The van der Waals surface area contributed by atoms with Crippen LogP contribution in [0.15, 0.2) is 12.1 Å². The van der Waals surface area contributed by atoms with Crippen molar-refractivity contribution in [1.82, 2.24) is 0 Å². The van der Waals surface area contributed by atoms with Crippen molar-refractivity contribution in [1.29, 1.82) is 0 Å². The van der Waals surface area contributed by atoms with Gasteiger partial charge in [0, 0.05) is 5.56 Å². The number of halogens is 2. The second-order valence-electron chi connectivity index (χ2n) is 6.74. The molecule has 0 saturated carbocycles. The highest BCUT2D eigenvalue weighted by Crippen LogP contribution is 2.41. The quantitative estimate of drug-likeness (QED) is 0.528. The SMILES string of the molecule is CCOC(=O)C(Br)c1cc([C@@H]2CCC(C)(C)CO2)cc(F)c1OC. The summed E-state index contributed by atoms with van der Waals surface area (Å²) in [4.78, 5) is 11.2. The largest absolute Gasteiger partial charge is 0.493 e. The molecule has 1 fully saturated rings. The van der Waals surface area contributed by atoms with Crippen molar-refractivity contribution >= 4 is 21.9 Å². The number of esters is 1. The predicted octanol–water partition coefficient (Wildman–Crippen LogP) is 4.71. The first kappa shape index (κ1) is 19.2. The van der Waals surface area contributed by atoms with Crippen LogP contribution in [0.1, 0.15) is 55.7 Å². The van der Waals surface area contributed by atoms with Gasteiger partial charge in [-0.05, 0) is 42.9 Å². The third-order valence-corrected chi connectivity index (χ3v) is 5.06. The molecule has 134 valence electrons. The molecule has 0 aliphatic carbocycles. The lowest BCUT2D eigenvalue weighted by molar-refractivity contribution is -0.142. The molecule has 0 amide bonds. The highest BCUT2D eigenvalue weighted by atomic mass is 79.9. The van der Waals surface area contributed by atoms with Crippen LogP contribution in [-0.4, -0.2) is 26.3 Å². The molecule has 1 unspecified atom stereocenters. The van der Waals surface area contributed by atoms with Crippen LogP contribution in [0.2, 0.25) is 0 Å². The molecule has 24 heavy (non-hydrogen) atoms. The zero-order valence-electron chi connectivity index (χ0n) is 14.5. The Bertz CT molecular complexity index is 593. The maximum atomic E-state index is 14.5. The lowest BCUT2D eigenvalue weighted by atomic mass is 9.84. The second-order valence-corrected chi connectivity index (χ2v) is 7.66. The summed E-state index contributed by atoms with van der Waals surface area (Å²) in [6.45, 7) is 6.91. The third-order valence-electron chi connectivity index (χ3n) is 4.20. The molecule has 1 aliphatic rings. The first-order valence-corrected chi connectivity index (χ1v) is 9.00. The van der Waals surface area contributed by atoms with Crippen molar-refractivity contribution < 1.29 is 23.4 Å². The molecule has 0 N–H and O–H groups in total. The monoisotopic (exact) mass is 402 g/mol. The maximum Gasteiger partial charge on any atom is 0.324 e. The van der Waals surface area contributed by atoms with E-state index >= 15 is 0 Å². The molecule has 1 saturated heterocycles. The normalized spacial score (nSPS) is 21.2. The van der Waals surface area contributed by atoms with Gasteiger partial charge >= 0.3 is 5.97 Å². The van der Waals surface area contributed by atoms with E-state index in [2.05, 4.69) is 29.8 Å². The summed E-state index contributed by atoms with van der Waals surface area (Å²) in [5, 5.41) is 0. The van der Waals surface area contributed by atoms with Crippen LogP contribution in [0.25, 0.3) is 0 Å². The van der Waals surface area contributed by atoms with Gasteiger partial charge in [0.2, 0.25) is 0 Å². The highest BCUT2D eigenvalue weighted by molar-refractivity contribution is 9.09. The summed E-state index contributed by atoms with van der Waals surface area (Å²) in [7, 11) is 1.38. The van der Waals surface area contributed by atoms with Crippen LogP contribution in [0.3, 0.4) is 0 Å². The summed E-state index contributed by atoms with van der Waals surface area (Å²) < 4.78 is 30.5. The Balaban J connectivity index is 2.33. The summed E-state index contributed by atoms with van der Waals surface area (Å²) in [5.74, 6) is -0.935. The first-order valence-electron chi connectivity index (χ1n) is 8.08. The van der Waals surface area contributed by atoms with Crippen LogP contribution >= 0.6 is 15.9 Å². The van der Waals surface area contributed by atoms with E-state index in [-0.39, 0.29) is 23.9 Å². The minimum absolute atomic E-state index is 0.0461. The van der Waals surface area contributed by atoms with Gasteiger partial charge in [0.25, 0.3) is 0 Å². The van der Waals surface area contributed by atoms with E-state index in [9.17, 15) is 9.18 Å². The van der Waals surface area contributed by atoms with E-state index in [4.69, 9.17) is 14.2 Å². The molecular weight excluding hydrogens is 379 g/mol. The van der Waals surface area contributed by atoms with Crippen LogP contribution in [0, 0.1) is 11.2 Å².